The van der Waals surface area contributed by atoms with Gasteiger partial charge in [0, 0.05) is 23.6 Å². The van der Waals surface area contributed by atoms with Gasteiger partial charge in [-0.1, -0.05) is 24.6 Å². The topological polar surface area (TPSA) is 95.5 Å². The van der Waals surface area contributed by atoms with Crippen LogP contribution in [0.4, 0.5) is 10.5 Å². The molecule has 114 valence electrons. The Morgan fingerprint density at radius 2 is 1.95 bits per heavy atom. The highest BCUT2D eigenvalue weighted by molar-refractivity contribution is 6.31. The number of aliphatic carboxylic acids is 1. The Labute approximate surface area is 127 Å². The second kappa shape index (κ2) is 7.64. The Bertz CT molecular complexity index is 560. The van der Waals surface area contributed by atoms with Crippen molar-refractivity contribution in [3.63, 3.8) is 0 Å². The van der Waals surface area contributed by atoms with E-state index in [1.807, 2.05) is 0 Å². The molecule has 0 bridgehead atoms. The average Bonchev–Trinajstić information content (AvgIpc) is 2.33. The summed E-state index contributed by atoms with van der Waals surface area (Å²) in [6.07, 6.45) is -0.156. The average molecular weight is 313 g/mol. The van der Waals surface area contributed by atoms with Gasteiger partial charge in [0.25, 0.3) is 0 Å². The van der Waals surface area contributed by atoms with Crippen LogP contribution in [0, 0.1) is 12.8 Å². The number of nitrogens with one attached hydrogen (secondary N) is 2. The van der Waals surface area contributed by atoms with E-state index in [1.165, 1.54) is 0 Å². The zero-order valence-electron chi connectivity index (χ0n) is 11.8. The minimum Gasteiger partial charge on any atom is -0.481 e. The molecule has 0 spiro atoms. The van der Waals surface area contributed by atoms with Crippen molar-refractivity contribution in [3.05, 3.63) is 28.8 Å². The minimum absolute atomic E-state index is 0.0335. The van der Waals surface area contributed by atoms with Crippen LogP contribution in [0.2, 0.25) is 5.02 Å². The quantitative estimate of drug-likeness (QED) is 0.779. The zero-order chi connectivity index (χ0) is 16.0. The number of rotatable bonds is 5. The second-order valence-corrected chi connectivity index (χ2v) is 5.23. The van der Waals surface area contributed by atoms with E-state index < -0.39 is 17.9 Å². The Morgan fingerprint density at radius 3 is 2.57 bits per heavy atom. The van der Waals surface area contributed by atoms with Crippen LogP contribution < -0.4 is 10.6 Å². The summed E-state index contributed by atoms with van der Waals surface area (Å²) in [7, 11) is 0. The van der Waals surface area contributed by atoms with E-state index in [-0.39, 0.29) is 18.8 Å². The number of carboxylic acids is 1. The molecule has 0 fully saturated rings. The monoisotopic (exact) mass is 312 g/mol. The molecular weight excluding hydrogens is 296 g/mol. The van der Waals surface area contributed by atoms with E-state index in [1.54, 1.807) is 32.0 Å². The lowest BCUT2D eigenvalue weighted by Gasteiger charge is -2.11. The van der Waals surface area contributed by atoms with Crippen molar-refractivity contribution < 1.29 is 19.5 Å². The first-order valence-corrected chi connectivity index (χ1v) is 6.75. The molecule has 0 aromatic heterocycles. The summed E-state index contributed by atoms with van der Waals surface area (Å²) in [6.45, 7) is 3.38. The molecule has 0 aliphatic carbocycles. The SMILES string of the molecule is Cc1c(Cl)cccc1NC(=O)NC(=O)CC(C)CC(=O)O. The molecule has 21 heavy (non-hydrogen) atoms. The van der Waals surface area contributed by atoms with Crippen molar-refractivity contribution in [2.45, 2.75) is 26.7 Å². The molecule has 6 nitrogen and oxygen atoms in total. The molecule has 0 aliphatic rings. The summed E-state index contributed by atoms with van der Waals surface area (Å²) in [5.41, 5.74) is 1.20. The van der Waals surface area contributed by atoms with Crippen LogP contribution in [-0.4, -0.2) is 23.0 Å². The van der Waals surface area contributed by atoms with Crippen LogP contribution in [0.5, 0.6) is 0 Å². The third-order valence-corrected chi connectivity index (χ3v) is 3.24. The Morgan fingerprint density at radius 1 is 1.29 bits per heavy atom. The number of carbonyl (C=O) groups excluding carboxylic acids is 2. The maximum Gasteiger partial charge on any atom is 0.325 e. The Balaban J connectivity index is 2.52. The lowest BCUT2D eigenvalue weighted by atomic mass is 10.0. The van der Waals surface area contributed by atoms with E-state index in [0.717, 1.165) is 0 Å². The van der Waals surface area contributed by atoms with E-state index in [9.17, 15) is 14.4 Å². The van der Waals surface area contributed by atoms with Crippen molar-refractivity contribution in [3.8, 4) is 0 Å². The summed E-state index contributed by atoms with van der Waals surface area (Å²) in [5.74, 6) is -1.85. The number of imide groups is 1. The van der Waals surface area contributed by atoms with Crippen molar-refractivity contribution in [2.24, 2.45) is 5.92 Å². The van der Waals surface area contributed by atoms with Gasteiger partial charge in [0.15, 0.2) is 0 Å². The van der Waals surface area contributed by atoms with Crippen LogP contribution in [0.3, 0.4) is 0 Å². The van der Waals surface area contributed by atoms with Crippen molar-refractivity contribution in [1.29, 1.82) is 0 Å². The van der Waals surface area contributed by atoms with Gasteiger partial charge in [-0.05, 0) is 30.5 Å². The molecule has 3 amide bonds. The number of carboxylic acid groups (broad SMARTS) is 1. The molecule has 1 atom stereocenters. The third kappa shape index (κ3) is 5.83. The number of amides is 3. The first-order valence-electron chi connectivity index (χ1n) is 6.37. The summed E-state index contributed by atoms with van der Waals surface area (Å²) in [5, 5.41) is 13.8. The van der Waals surface area contributed by atoms with Gasteiger partial charge in [-0.2, -0.15) is 0 Å². The van der Waals surface area contributed by atoms with Crippen LogP contribution in [0.15, 0.2) is 18.2 Å². The number of anilines is 1. The molecule has 1 aromatic carbocycles. The molecule has 0 heterocycles. The van der Waals surface area contributed by atoms with E-state index in [0.29, 0.717) is 16.3 Å². The minimum atomic E-state index is -0.977. The van der Waals surface area contributed by atoms with Crippen LogP contribution in [-0.2, 0) is 9.59 Å². The van der Waals surface area contributed by atoms with Gasteiger partial charge in [0.1, 0.15) is 0 Å². The summed E-state index contributed by atoms with van der Waals surface area (Å²) < 4.78 is 0. The molecular formula is C14H17ClN2O4. The van der Waals surface area contributed by atoms with Crippen molar-refractivity contribution >= 4 is 35.2 Å². The van der Waals surface area contributed by atoms with Gasteiger partial charge in [-0.25, -0.2) is 4.79 Å². The molecule has 3 N–H and O–H groups in total. The molecule has 1 rings (SSSR count). The second-order valence-electron chi connectivity index (χ2n) is 4.82. The van der Waals surface area contributed by atoms with Gasteiger partial charge in [-0.3, -0.25) is 14.9 Å². The van der Waals surface area contributed by atoms with E-state index in [4.69, 9.17) is 16.7 Å². The summed E-state index contributed by atoms with van der Waals surface area (Å²) >= 11 is 5.93. The Hall–Kier alpha value is -2.08. The number of urea groups is 1. The van der Waals surface area contributed by atoms with Gasteiger partial charge in [0.05, 0.1) is 0 Å². The first kappa shape index (κ1) is 17.0. The number of halogens is 1. The fourth-order valence-electron chi connectivity index (χ4n) is 1.76. The largest absolute Gasteiger partial charge is 0.481 e. The molecule has 7 heteroatoms. The van der Waals surface area contributed by atoms with Gasteiger partial charge < -0.3 is 10.4 Å². The highest BCUT2D eigenvalue weighted by atomic mass is 35.5. The number of hydrogen-bond acceptors (Lipinski definition) is 3. The lowest BCUT2D eigenvalue weighted by Crippen LogP contribution is -2.35. The lowest BCUT2D eigenvalue weighted by molar-refractivity contribution is -0.138. The summed E-state index contributed by atoms with van der Waals surface area (Å²) in [4.78, 5) is 33.8. The molecule has 1 unspecified atom stereocenters. The molecule has 0 radical (unpaired) electrons. The Kier molecular flexibility index (Phi) is 6.17. The predicted octanol–water partition coefficient (Wildman–Crippen LogP) is 2.80. The zero-order valence-corrected chi connectivity index (χ0v) is 12.5. The predicted molar refractivity (Wildman–Crippen MR) is 79.4 cm³/mol. The standard InChI is InChI=1S/C14H17ClN2O4/c1-8(7-13(19)20)6-12(18)17-14(21)16-11-5-3-4-10(15)9(11)2/h3-5,8H,6-7H2,1-2H3,(H,19,20)(H2,16,17,18,21). The normalized spacial score (nSPS) is 11.6. The third-order valence-electron chi connectivity index (χ3n) is 2.83. The van der Waals surface area contributed by atoms with E-state index >= 15 is 0 Å². The molecule has 0 saturated carbocycles. The number of benzene rings is 1. The molecule has 1 aromatic rings. The maximum atomic E-state index is 11.7. The van der Waals surface area contributed by atoms with Crippen molar-refractivity contribution in [1.82, 2.24) is 5.32 Å². The number of hydrogen-bond donors (Lipinski definition) is 3. The van der Waals surface area contributed by atoms with Gasteiger partial charge in [0.2, 0.25) is 5.91 Å². The van der Waals surface area contributed by atoms with Crippen molar-refractivity contribution in [2.75, 3.05) is 5.32 Å². The maximum absolute atomic E-state index is 11.7. The first-order chi connectivity index (χ1) is 9.79. The molecule has 0 aliphatic heterocycles. The highest BCUT2D eigenvalue weighted by Gasteiger charge is 2.15. The fraction of sp³-hybridized carbons (Fsp3) is 0.357. The summed E-state index contributed by atoms with van der Waals surface area (Å²) in [6, 6.07) is 4.37. The molecule has 0 saturated heterocycles. The van der Waals surface area contributed by atoms with Gasteiger partial charge in [-0.15, -0.1) is 0 Å². The van der Waals surface area contributed by atoms with E-state index in [2.05, 4.69) is 10.6 Å². The fourth-order valence-corrected chi connectivity index (χ4v) is 1.94. The number of carbonyl (C=O) groups is 3. The van der Waals surface area contributed by atoms with Crippen LogP contribution in [0.1, 0.15) is 25.3 Å². The highest BCUT2D eigenvalue weighted by Crippen LogP contribution is 2.22. The van der Waals surface area contributed by atoms with Crippen LogP contribution >= 0.6 is 11.6 Å². The van der Waals surface area contributed by atoms with Gasteiger partial charge >= 0.3 is 12.0 Å². The smallest absolute Gasteiger partial charge is 0.325 e. The van der Waals surface area contributed by atoms with Crippen LogP contribution in [0.25, 0.3) is 0 Å².